The summed E-state index contributed by atoms with van der Waals surface area (Å²) in [5.41, 5.74) is 0.931. The summed E-state index contributed by atoms with van der Waals surface area (Å²) in [6, 6.07) is 10.6. The zero-order chi connectivity index (χ0) is 15.9. The molecule has 0 aliphatic carbocycles. The van der Waals surface area contributed by atoms with Crippen LogP contribution in [0.3, 0.4) is 0 Å². The van der Waals surface area contributed by atoms with Crippen LogP contribution in [0.4, 0.5) is 0 Å². The van der Waals surface area contributed by atoms with Crippen molar-refractivity contribution in [3.8, 4) is 11.5 Å². The Kier molecular flexibility index (Phi) is 3.30. The van der Waals surface area contributed by atoms with Crippen LogP contribution in [0.5, 0.6) is 11.5 Å². The van der Waals surface area contributed by atoms with E-state index < -0.39 is 5.72 Å². The van der Waals surface area contributed by atoms with Crippen molar-refractivity contribution in [2.75, 3.05) is 14.2 Å². The number of aliphatic hydroxyl groups is 1. The number of methoxy groups -OCH3 is 2. The highest BCUT2D eigenvalue weighted by molar-refractivity contribution is 6.01. The number of fused-ring (bicyclic) bond motifs is 1. The van der Waals surface area contributed by atoms with Gasteiger partial charge < -0.3 is 19.9 Å². The van der Waals surface area contributed by atoms with E-state index in [1.807, 2.05) is 19.1 Å². The van der Waals surface area contributed by atoms with Gasteiger partial charge >= 0.3 is 0 Å². The standard InChI is InChI=1S/C17H17NO4/c1-10-4-6-11(7-5-10)17(20)13-9-15(22-3)14(21-2)8-12(13)16(19)18-17/h4-9,20H,1-3H3,(H,18,19)/t17-/m1/s1. The van der Waals surface area contributed by atoms with Crippen molar-refractivity contribution in [1.29, 1.82) is 0 Å². The lowest BCUT2D eigenvalue weighted by molar-refractivity contribution is 0.0475. The first-order valence-electron chi connectivity index (χ1n) is 6.88. The number of carbonyl (C=O) groups is 1. The van der Waals surface area contributed by atoms with Crippen molar-refractivity contribution in [1.82, 2.24) is 5.32 Å². The number of ether oxygens (including phenoxy) is 2. The third-order valence-electron chi connectivity index (χ3n) is 3.92. The van der Waals surface area contributed by atoms with E-state index in [1.54, 1.807) is 24.3 Å². The molecule has 2 aromatic carbocycles. The first-order valence-corrected chi connectivity index (χ1v) is 6.88. The van der Waals surface area contributed by atoms with Crippen LogP contribution in [0.2, 0.25) is 0 Å². The molecule has 2 aromatic rings. The molecule has 1 atom stereocenters. The normalized spacial score (nSPS) is 19.5. The van der Waals surface area contributed by atoms with Crippen molar-refractivity contribution in [2.45, 2.75) is 12.6 Å². The molecule has 5 nitrogen and oxygen atoms in total. The van der Waals surface area contributed by atoms with E-state index in [2.05, 4.69) is 5.32 Å². The van der Waals surface area contributed by atoms with Gasteiger partial charge in [0, 0.05) is 11.1 Å². The van der Waals surface area contributed by atoms with Gasteiger partial charge in [0.2, 0.25) is 0 Å². The maximum absolute atomic E-state index is 12.2. The molecule has 0 unspecified atom stereocenters. The maximum Gasteiger partial charge on any atom is 0.254 e. The predicted molar refractivity (Wildman–Crippen MR) is 81.2 cm³/mol. The average Bonchev–Trinajstić information content (AvgIpc) is 2.78. The number of benzene rings is 2. The Bertz CT molecular complexity index is 739. The van der Waals surface area contributed by atoms with Gasteiger partial charge in [-0.05, 0) is 19.1 Å². The quantitative estimate of drug-likeness (QED) is 0.909. The molecule has 22 heavy (non-hydrogen) atoms. The zero-order valence-corrected chi connectivity index (χ0v) is 12.6. The Morgan fingerprint density at radius 1 is 1.05 bits per heavy atom. The Balaban J connectivity index is 2.19. The monoisotopic (exact) mass is 299 g/mol. The van der Waals surface area contributed by atoms with Crippen LogP contribution in [0.1, 0.15) is 27.0 Å². The number of hydrogen-bond acceptors (Lipinski definition) is 4. The molecule has 2 N–H and O–H groups in total. The van der Waals surface area contributed by atoms with Crippen LogP contribution >= 0.6 is 0 Å². The number of nitrogens with one attached hydrogen (secondary N) is 1. The number of aryl methyl sites for hydroxylation is 1. The predicted octanol–water partition coefficient (Wildman–Crippen LogP) is 1.95. The molecule has 5 heteroatoms. The minimum Gasteiger partial charge on any atom is -0.493 e. The maximum atomic E-state index is 12.2. The Morgan fingerprint density at radius 3 is 2.23 bits per heavy atom. The highest BCUT2D eigenvalue weighted by Gasteiger charge is 2.43. The summed E-state index contributed by atoms with van der Waals surface area (Å²) in [4.78, 5) is 12.2. The molecule has 1 heterocycles. The highest BCUT2D eigenvalue weighted by atomic mass is 16.5. The topological polar surface area (TPSA) is 67.8 Å². The van der Waals surface area contributed by atoms with E-state index in [-0.39, 0.29) is 5.91 Å². The van der Waals surface area contributed by atoms with E-state index in [0.717, 1.165) is 5.56 Å². The molecule has 0 saturated heterocycles. The fourth-order valence-corrected chi connectivity index (χ4v) is 2.69. The molecule has 0 aromatic heterocycles. The van der Waals surface area contributed by atoms with Gasteiger partial charge in [-0.1, -0.05) is 29.8 Å². The van der Waals surface area contributed by atoms with Gasteiger partial charge in [-0.15, -0.1) is 0 Å². The fraction of sp³-hybridized carbons (Fsp3) is 0.235. The number of rotatable bonds is 3. The van der Waals surface area contributed by atoms with Gasteiger partial charge in [0.05, 0.1) is 19.8 Å². The van der Waals surface area contributed by atoms with E-state index in [9.17, 15) is 9.90 Å². The van der Waals surface area contributed by atoms with Crippen LogP contribution in [0.15, 0.2) is 36.4 Å². The summed E-state index contributed by atoms with van der Waals surface area (Å²) >= 11 is 0. The molecule has 0 bridgehead atoms. The molecular weight excluding hydrogens is 282 g/mol. The van der Waals surface area contributed by atoms with Crippen LogP contribution in [-0.4, -0.2) is 25.2 Å². The van der Waals surface area contributed by atoms with Crippen molar-refractivity contribution in [2.24, 2.45) is 0 Å². The summed E-state index contributed by atoms with van der Waals surface area (Å²) in [6.45, 7) is 1.96. The molecule has 1 aliphatic heterocycles. The lowest BCUT2D eigenvalue weighted by Crippen LogP contribution is -2.40. The summed E-state index contributed by atoms with van der Waals surface area (Å²) in [5.74, 6) is 0.562. The number of carbonyl (C=O) groups excluding carboxylic acids is 1. The minimum atomic E-state index is -1.57. The van der Waals surface area contributed by atoms with E-state index in [4.69, 9.17) is 9.47 Å². The van der Waals surface area contributed by atoms with Gasteiger partial charge in [0.1, 0.15) is 0 Å². The fourth-order valence-electron chi connectivity index (χ4n) is 2.69. The Morgan fingerprint density at radius 2 is 1.64 bits per heavy atom. The minimum absolute atomic E-state index is 0.348. The molecule has 0 radical (unpaired) electrons. The van der Waals surface area contributed by atoms with Crippen LogP contribution in [0.25, 0.3) is 0 Å². The summed E-state index contributed by atoms with van der Waals surface area (Å²) < 4.78 is 10.5. The van der Waals surface area contributed by atoms with Gasteiger partial charge in [-0.2, -0.15) is 0 Å². The second-order valence-corrected chi connectivity index (χ2v) is 5.28. The molecule has 3 rings (SSSR count). The highest BCUT2D eigenvalue weighted by Crippen LogP contribution is 2.41. The van der Waals surface area contributed by atoms with Crippen LogP contribution in [-0.2, 0) is 5.72 Å². The second-order valence-electron chi connectivity index (χ2n) is 5.28. The summed E-state index contributed by atoms with van der Waals surface area (Å²) in [6.07, 6.45) is 0. The first-order chi connectivity index (χ1) is 10.5. The largest absolute Gasteiger partial charge is 0.493 e. The third-order valence-corrected chi connectivity index (χ3v) is 3.92. The summed E-state index contributed by atoms with van der Waals surface area (Å²) in [7, 11) is 3.02. The number of amides is 1. The second kappa shape index (κ2) is 5.03. The van der Waals surface area contributed by atoms with Crippen molar-refractivity contribution >= 4 is 5.91 Å². The van der Waals surface area contributed by atoms with Gasteiger partial charge in [-0.3, -0.25) is 4.79 Å². The van der Waals surface area contributed by atoms with Gasteiger partial charge in [0.25, 0.3) is 5.91 Å². The van der Waals surface area contributed by atoms with Crippen molar-refractivity contribution < 1.29 is 19.4 Å². The molecule has 1 amide bonds. The zero-order valence-electron chi connectivity index (χ0n) is 12.6. The van der Waals surface area contributed by atoms with Crippen molar-refractivity contribution in [3.63, 3.8) is 0 Å². The van der Waals surface area contributed by atoms with Gasteiger partial charge in [0.15, 0.2) is 17.2 Å². The number of hydrogen-bond donors (Lipinski definition) is 2. The molecular formula is C17H17NO4. The van der Waals surface area contributed by atoms with Crippen molar-refractivity contribution in [3.05, 3.63) is 58.7 Å². The lowest BCUT2D eigenvalue weighted by Gasteiger charge is -2.25. The average molecular weight is 299 g/mol. The third kappa shape index (κ3) is 2.02. The molecule has 1 aliphatic rings. The summed E-state index contributed by atoms with van der Waals surface area (Å²) in [5, 5.41) is 13.7. The Labute approximate surface area is 128 Å². The van der Waals surface area contributed by atoms with E-state index >= 15 is 0 Å². The molecule has 0 fully saturated rings. The van der Waals surface area contributed by atoms with Crippen LogP contribution in [0, 0.1) is 6.92 Å². The molecule has 114 valence electrons. The molecule has 0 spiro atoms. The first kappa shape index (κ1) is 14.4. The van der Waals surface area contributed by atoms with E-state index in [1.165, 1.54) is 14.2 Å². The lowest BCUT2D eigenvalue weighted by atomic mass is 9.93. The van der Waals surface area contributed by atoms with Crippen LogP contribution < -0.4 is 14.8 Å². The van der Waals surface area contributed by atoms with E-state index in [0.29, 0.717) is 28.2 Å². The smallest absolute Gasteiger partial charge is 0.254 e. The SMILES string of the molecule is COc1cc2c(cc1OC)[C@](O)(c1ccc(C)cc1)NC2=O. The molecule has 0 saturated carbocycles. The van der Waals surface area contributed by atoms with Gasteiger partial charge in [-0.25, -0.2) is 0 Å². The Hall–Kier alpha value is -2.53.